The zero-order valence-corrected chi connectivity index (χ0v) is 13.1. The molecule has 2 aromatic rings. The molecule has 24 heavy (non-hydrogen) atoms. The number of anilines is 1. The molecule has 0 spiro atoms. The largest absolute Gasteiger partial charge is 0.468 e. The van der Waals surface area contributed by atoms with Gasteiger partial charge in [-0.3, -0.25) is 19.5 Å². The number of aliphatic imine (C=N–C) groups is 1. The average molecular weight is 329 g/mol. The van der Waals surface area contributed by atoms with Crippen LogP contribution in [-0.2, 0) is 7.05 Å². The van der Waals surface area contributed by atoms with Gasteiger partial charge < -0.3 is 10.1 Å². The number of ether oxygens (including phenoxy) is 1. The molecule has 1 aliphatic rings. The summed E-state index contributed by atoms with van der Waals surface area (Å²) in [6.45, 7) is 0.534. The molecule has 0 fully saturated rings. The summed E-state index contributed by atoms with van der Waals surface area (Å²) in [7, 11) is 3.00. The van der Waals surface area contributed by atoms with Crippen LogP contribution in [-0.4, -0.2) is 33.8 Å². The number of aromatic nitrogens is 2. The fourth-order valence-electron chi connectivity index (χ4n) is 2.45. The van der Waals surface area contributed by atoms with Gasteiger partial charge in [-0.15, -0.1) is 0 Å². The monoisotopic (exact) mass is 329 g/mol. The van der Waals surface area contributed by atoms with E-state index in [9.17, 15) is 14.9 Å². The summed E-state index contributed by atoms with van der Waals surface area (Å²) in [6, 6.07) is 6.29. The Morgan fingerprint density at radius 2 is 2.04 bits per heavy atom. The summed E-state index contributed by atoms with van der Waals surface area (Å²) in [6.07, 6.45) is 0.555. The second-order valence-electron chi connectivity index (χ2n) is 5.20. The standard InChI is InChI=1S/C15H15N5O4/c1-19-14(21)12-13(18-15(19)24-2)16-8-7-11(17-12)9-3-5-10(6-4-9)20(22)23/h3-6,16H,7-8H2,1-2H3. The van der Waals surface area contributed by atoms with Gasteiger partial charge in [0.2, 0.25) is 0 Å². The first-order valence-electron chi connectivity index (χ1n) is 7.22. The number of rotatable bonds is 3. The second-order valence-corrected chi connectivity index (χ2v) is 5.20. The molecule has 0 bridgehead atoms. The third-order valence-corrected chi connectivity index (χ3v) is 3.72. The lowest BCUT2D eigenvalue weighted by Gasteiger charge is -2.09. The Labute approximate surface area is 136 Å². The van der Waals surface area contributed by atoms with Crippen molar-refractivity contribution in [3.63, 3.8) is 0 Å². The molecule has 124 valence electrons. The Morgan fingerprint density at radius 1 is 1.33 bits per heavy atom. The molecule has 3 rings (SSSR count). The number of nitrogens with one attached hydrogen (secondary N) is 1. The Kier molecular flexibility index (Phi) is 3.98. The summed E-state index contributed by atoms with van der Waals surface area (Å²) < 4.78 is 6.36. The zero-order valence-electron chi connectivity index (χ0n) is 13.1. The highest BCUT2D eigenvalue weighted by Crippen LogP contribution is 2.25. The predicted molar refractivity (Wildman–Crippen MR) is 88.4 cm³/mol. The van der Waals surface area contributed by atoms with Crippen LogP contribution in [0.2, 0.25) is 0 Å². The van der Waals surface area contributed by atoms with Crippen molar-refractivity contribution in [2.75, 3.05) is 19.0 Å². The predicted octanol–water partition coefficient (Wildman–Crippen LogP) is 1.63. The van der Waals surface area contributed by atoms with Crippen LogP contribution in [0.1, 0.15) is 12.0 Å². The summed E-state index contributed by atoms with van der Waals surface area (Å²) in [5.41, 5.74) is 1.27. The van der Waals surface area contributed by atoms with Gasteiger partial charge in [0.1, 0.15) is 0 Å². The number of hydrogen-bond donors (Lipinski definition) is 1. The van der Waals surface area contributed by atoms with E-state index in [0.717, 1.165) is 5.56 Å². The highest BCUT2D eigenvalue weighted by molar-refractivity contribution is 6.03. The lowest BCUT2D eigenvalue weighted by atomic mass is 10.1. The molecule has 9 nitrogen and oxygen atoms in total. The first-order chi connectivity index (χ1) is 11.5. The fraction of sp³-hybridized carbons (Fsp3) is 0.267. The van der Waals surface area contributed by atoms with Crippen LogP contribution in [0.15, 0.2) is 34.1 Å². The summed E-state index contributed by atoms with van der Waals surface area (Å²) in [5.74, 6) is 0.367. The SMILES string of the molecule is COc1nc2c(c(=O)n1C)N=C(c1ccc([N+](=O)[O-])cc1)CCN2. The second kappa shape index (κ2) is 6.11. The minimum absolute atomic E-state index is 0.00816. The molecule has 0 amide bonds. The van der Waals surface area contributed by atoms with Crippen LogP contribution in [0.5, 0.6) is 6.01 Å². The van der Waals surface area contributed by atoms with Crippen molar-refractivity contribution in [3.8, 4) is 6.01 Å². The van der Waals surface area contributed by atoms with Gasteiger partial charge in [-0.1, -0.05) is 0 Å². The maximum Gasteiger partial charge on any atom is 0.300 e. The van der Waals surface area contributed by atoms with Gasteiger partial charge in [0, 0.05) is 32.1 Å². The maximum atomic E-state index is 12.5. The van der Waals surface area contributed by atoms with Gasteiger partial charge in [-0.05, 0) is 17.7 Å². The van der Waals surface area contributed by atoms with Crippen LogP contribution >= 0.6 is 0 Å². The van der Waals surface area contributed by atoms with E-state index >= 15 is 0 Å². The van der Waals surface area contributed by atoms with E-state index in [2.05, 4.69) is 15.3 Å². The van der Waals surface area contributed by atoms with Crippen molar-refractivity contribution >= 4 is 22.9 Å². The molecular weight excluding hydrogens is 314 g/mol. The molecule has 0 saturated heterocycles. The molecule has 0 radical (unpaired) electrons. The summed E-state index contributed by atoms with van der Waals surface area (Å²) in [5, 5.41) is 13.8. The van der Waals surface area contributed by atoms with Gasteiger partial charge in [-0.25, -0.2) is 4.99 Å². The molecule has 2 heterocycles. The van der Waals surface area contributed by atoms with Gasteiger partial charge in [-0.2, -0.15) is 4.98 Å². The Morgan fingerprint density at radius 3 is 2.67 bits per heavy atom. The topological polar surface area (TPSA) is 112 Å². The minimum Gasteiger partial charge on any atom is -0.468 e. The molecule has 9 heteroatoms. The van der Waals surface area contributed by atoms with Crippen LogP contribution in [0, 0.1) is 10.1 Å². The quantitative estimate of drug-likeness (QED) is 0.676. The van der Waals surface area contributed by atoms with Crippen molar-refractivity contribution in [1.29, 1.82) is 0 Å². The lowest BCUT2D eigenvalue weighted by molar-refractivity contribution is -0.384. The van der Waals surface area contributed by atoms with Gasteiger partial charge in [0.15, 0.2) is 11.5 Å². The fourth-order valence-corrected chi connectivity index (χ4v) is 2.45. The van der Waals surface area contributed by atoms with E-state index in [0.29, 0.717) is 24.5 Å². The lowest BCUT2D eigenvalue weighted by Crippen LogP contribution is -2.21. The van der Waals surface area contributed by atoms with E-state index in [1.165, 1.54) is 23.8 Å². The van der Waals surface area contributed by atoms with Crippen molar-refractivity contribution in [2.45, 2.75) is 6.42 Å². The maximum absolute atomic E-state index is 12.5. The van der Waals surface area contributed by atoms with Gasteiger partial charge in [0.25, 0.3) is 11.2 Å². The molecule has 1 N–H and O–H groups in total. The number of nitro benzene ring substituents is 1. The molecule has 0 unspecified atom stereocenters. The molecule has 1 aromatic carbocycles. The molecule has 0 aliphatic carbocycles. The number of methoxy groups -OCH3 is 1. The number of nitrogens with zero attached hydrogens (tertiary/aromatic N) is 4. The van der Waals surface area contributed by atoms with E-state index in [-0.39, 0.29) is 22.9 Å². The summed E-state index contributed by atoms with van der Waals surface area (Å²) >= 11 is 0. The number of non-ortho nitro benzene ring substituents is 1. The van der Waals surface area contributed by atoms with Crippen LogP contribution in [0.4, 0.5) is 17.2 Å². The van der Waals surface area contributed by atoms with E-state index in [4.69, 9.17) is 4.74 Å². The average Bonchev–Trinajstić information content (AvgIpc) is 2.80. The van der Waals surface area contributed by atoms with Crippen molar-refractivity contribution < 1.29 is 9.66 Å². The third kappa shape index (κ3) is 2.71. The zero-order chi connectivity index (χ0) is 17.3. The van der Waals surface area contributed by atoms with Crippen LogP contribution < -0.4 is 15.6 Å². The van der Waals surface area contributed by atoms with Crippen molar-refractivity contribution in [3.05, 3.63) is 50.3 Å². The smallest absolute Gasteiger partial charge is 0.300 e. The first kappa shape index (κ1) is 15.7. The van der Waals surface area contributed by atoms with E-state index in [1.54, 1.807) is 19.2 Å². The molecule has 0 atom stereocenters. The first-order valence-corrected chi connectivity index (χ1v) is 7.22. The van der Waals surface area contributed by atoms with Crippen LogP contribution in [0.3, 0.4) is 0 Å². The Hall–Kier alpha value is -3.23. The number of benzene rings is 1. The van der Waals surface area contributed by atoms with Crippen molar-refractivity contribution in [1.82, 2.24) is 9.55 Å². The molecular formula is C15H15N5O4. The van der Waals surface area contributed by atoms with E-state index < -0.39 is 4.92 Å². The Bertz CT molecular complexity index is 886. The third-order valence-electron chi connectivity index (χ3n) is 3.72. The summed E-state index contributed by atoms with van der Waals surface area (Å²) in [4.78, 5) is 31.5. The normalized spacial score (nSPS) is 13.3. The number of fused-ring (bicyclic) bond motifs is 1. The van der Waals surface area contributed by atoms with Crippen LogP contribution in [0.25, 0.3) is 0 Å². The van der Waals surface area contributed by atoms with Gasteiger partial charge >= 0.3 is 6.01 Å². The van der Waals surface area contributed by atoms with E-state index in [1.807, 2.05) is 0 Å². The minimum atomic E-state index is -0.457. The number of nitro groups is 1. The highest BCUT2D eigenvalue weighted by Gasteiger charge is 2.19. The number of hydrogen-bond acceptors (Lipinski definition) is 7. The van der Waals surface area contributed by atoms with Gasteiger partial charge in [0.05, 0.1) is 17.7 Å². The van der Waals surface area contributed by atoms with Crippen molar-refractivity contribution in [2.24, 2.45) is 12.0 Å². The molecule has 1 aliphatic heterocycles. The Balaban J connectivity index is 2.08. The molecule has 1 aromatic heterocycles. The molecule has 0 saturated carbocycles. The highest BCUT2D eigenvalue weighted by atomic mass is 16.6.